The number of H-pyrrole nitrogens is 1. The van der Waals surface area contributed by atoms with Gasteiger partial charge >= 0.3 is 0 Å². The van der Waals surface area contributed by atoms with Crippen LogP contribution in [0.4, 0.5) is 0 Å². The molecule has 0 aliphatic carbocycles. The molecule has 4 nitrogen and oxygen atoms in total. The number of thiazole rings is 1. The summed E-state index contributed by atoms with van der Waals surface area (Å²) >= 11 is 4.99. The zero-order valence-electron chi connectivity index (χ0n) is 11.2. The summed E-state index contributed by atoms with van der Waals surface area (Å²) in [7, 11) is 0. The van der Waals surface area contributed by atoms with Gasteiger partial charge in [0.2, 0.25) is 5.16 Å². The molecule has 0 amide bonds. The van der Waals surface area contributed by atoms with E-state index in [1.807, 2.05) is 17.5 Å². The standard InChI is InChI=1S/C13H14N4S3/c1-8(2)12-14-9(6-19-12)7-20-13-15-11(16-17-13)10-4-3-5-18-10/h3-6,8H,7H2,1-2H3,(H,15,16,17). The second-order valence-corrected chi connectivity index (χ2v) is 7.34. The summed E-state index contributed by atoms with van der Waals surface area (Å²) in [4.78, 5) is 10.2. The van der Waals surface area contributed by atoms with Crippen molar-refractivity contribution in [2.45, 2.75) is 30.7 Å². The van der Waals surface area contributed by atoms with Gasteiger partial charge in [-0.1, -0.05) is 31.7 Å². The number of hydrogen-bond acceptors (Lipinski definition) is 6. The number of hydrogen-bond donors (Lipinski definition) is 1. The van der Waals surface area contributed by atoms with E-state index in [9.17, 15) is 0 Å². The van der Waals surface area contributed by atoms with Crippen LogP contribution in [0, 0.1) is 0 Å². The maximum absolute atomic E-state index is 4.62. The van der Waals surface area contributed by atoms with Gasteiger partial charge in [-0.3, -0.25) is 5.10 Å². The van der Waals surface area contributed by atoms with Gasteiger partial charge in [-0.05, 0) is 11.4 Å². The normalized spacial score (nSPS) is 11.3. The number of aromatic nitrogens is 4. The van der Waals surface area contributed by atoms with Gasteiger partial charge in [0, 0.05) is 17.1 Å². The molecule has 0 fully saturated rings. The topological polar surface area (TPSA) is 54.5 Å². The molecule has 0 saturated carbocycles. The predicted molar refractivity (Wildman–Crippen MR) is 85.5 cm³/mol. The predicted octanol–water partition coefficient (Wildman–Crippen LogP) is 4.41. The van der Waals surface area contributed by atoms with Gasteiger partial charge in [0.25, 0.3) is 0 Å². The van der Waals surface area contributed by atoms with Crippen molar-refractivity contribution in [3.63, 3.8) is 0 Å². The highest BCUT2D eigenvalue weighted by Crippen LogP contribution is 2.26. The molecule has 0 saturated heterocycles. The fourth-order valence-corrected chi connectivity index (χ4v) is 3.92. The summed E-state index contributed by atoms with van der Waals surface area (Å²) in [5.74, 6) is 2.14. The van der Waals surface area contributed by atoms with E-state index in [4.69, 9.17) is 0 Å². The zero-order valence-corrected chi connectivity index (χ0v) is 13.6. The molecular formula is C13H14N4S3. The highest BCUT2D eigenvalue weighted by molar-refractivity contribution is 7.98. The smallest absolute Gasteiger partial charge is 0.209 e. The van der Waals surface area contributed by atoms with E-state index in [1.54, 1.807) is 34.4 Å². The number of thiophene rings is 1. The Morgan fingerprint density at radius 1 is 1.30 bits per heavy atom. The molecule has 3 heterocycles. The first-order valence-electron chi connectivity index (χ1n) is 6.26. The van der Waals surface area contributed by atoms with Crippen molar-refractivity contribution in [3.05, 3.63) is 33.6 Å². The highest BCUT2D eigenvalue weighted by Gasteiger charge is 2.09. The van der Waals surface area contributed by atoms with Crippen molar-refractivity contribution in [2.75, 3.05) is 0 Å². The maximum Gasteiger partial charge on any atom is 0.209 e. The molecular weight excluding hydrogens is 308 g/mol. The summed E-state index contributed by atoms with van der Waals surface area (Å²) in [6, 6.07) is 4.05. The zero-order chi connectivity index (χ0) is 13.9. The largest absolute Gasteiger partial charge is 0.257 e. The first-order chi connectivity index (χ1) is 9.72. The van der Waals surface area contributed by atoms with Gasteiger partial charge in [0.05, 0.1) is 15.6 Å². The summed E-state index contributed by atoms with van der Waals surface area (Å²) in [6.45, 7) is 4.33. The van der Waals surface area contributed by atoms with Gasteiger partial charge < -0.3 is 0 Å². The van der Waals surface area contributed by atoms with E-state index in [-0.39, 0.29) is 0 Å². The third kappa shape index (κ3) is 3.11. The Bertz CT molecular complexity index is 669. The first kappa shape index (κ1) is 13.8. The molecule has 20 heavy (non-hydrogen) atoms. The third-order valence-electron chi connectivity index (χ3n) is 2.63. The molecule has 7 heteroatoms. The summed E-state index contributed by atoms with van der Waals surface area (Å²) < 4.78 is 0. The number of aromatic amines is 1. The van der Waals surface area contributed by atoms with Crippen LogP contribution in [0.3, 0.4) is 0 Å². The van der Waals surface area contributed by atoms with Crippen molar-refractivity contribution in [3.8, 4) is 10.7 Å². The Balaban J connectivity index is 1.63. The molecule has 0 radical (unpaired) electrons. The molecule has 1 N–H and O–H groups in total. The summed E-state index contributed by atoms with van der Waals surface area (Å²) in [5.41, 5.74) is 1.10. The number of nitrogens with zero attached hydrogens (tertiary/aromatic N) is 3. The van der Waals surface area contributed by atoms with Gasteiger partial charge in [0.1, 0.15) is 0 Å². The van der Waals surface area contributed by atoms with Gasteiger partial charge in [-0.2, -0.15) is 0 Å². The minimum absolute atomic E-state index is 0.493. The lowest BCUT2D eigenvalue weighted by atomic mass is 10.2. The quantitative estimate of drug-likeness (QED) is 0.707. The molecule has 3 aromatic rings. The van der Waals surface area contributed by atoms with E-state index in [0.717, 1.165) is 27.3 Å². The first-order valence-corrected chi connectivity index (χ1v) is 9.00. The van der Waals surface area contributed by atoms with Crippen molar-refractivity contribution in [1.82, 2.24) is 20.2 Å². The second kappa shape index (κ2) is 6.07. The number of nitrogens with one attached hydrogen (secondary N) is 1. The van der Waals surface area contributed by atoms with E-state index in [2.05, 4.69) is 39.4 Å². The van der Waals surface area contributed by atoms with Crippen LogP contribution >= 0.6 is 34.4 Å². The van der Waals surface area contributed by atoms with Crippen LogP contribution in [-0.2, 0) is 5.75 Å². The highest BCUT2D eigenvalue weighted by atomic mass is 32.2. The molecule has 0 aromatic carbocycles. The van der Waals surface area contributed by atoms with Crippen LogP contribution in [0.25, 0.3) is 10.7 Å². The van der Waals surface area contributed by atoms with Crippen molar-refractivity contribution >= 4 is 34.4 Å². The maximum atomic E-state index is 4.62. The molecule has 3 aromatic heterocycles. The van der Waals surface area contributed by atoms with Crippen molar-refractivity contribution in [1.29, 1.82) is 0 Å². The third-order valence-corrected chi connectivity index (χ3v) is 5.58. The number of rotatable bonds is 5. The molecule has 0 aliphatic rings. The molecule has 0 atom stereocenters. The van der Waals surface area contributed by atoms with Crippen LogP contribution in [0.5, 0.6) is 0 Å². The van der Waals surface area contributed by atoms with E-state index < -0.39 is 0 Å². The van der Waals surface area contributed by atoms with E-state index >= 15 is 0 Å². The minimum atomic E-state index is 0.493. The molecule has 3 rings (SSSR count). The van der Waals surface area contributed by atoms with Crippen LogP contribution in [-0.4, -0.2) is 20.2 Å². The average molecular weight is 322 g/mol. The minimum Gasteiger partial charge on any atom is -0.257 e. The molecule has 0 aliphatic heterocycles. The van der Waals surface area contributed by atoms with Crippen LogP contribution in [0.2, 0.25) is 0 Å². The summed E-state index contributed by atoms with van der Waals surface area (Å²) in [6.07, 6.45) is 0. The van der Waals surface area contributed by atoms with Gasteiger partial charge in [0.15, 0.2) is 5.82 Å². The molecule has 0 bridgehead atoms. The van der Waals surface area contributed by atoms with Crippen molar-refractivity contribution in [2.24, 2.45) is 0 Å². The second-order valence-electron chi connectivity index (χ2n) is 4.56. The Hall–Kier alpha value is -1.18. The van der Waals surface area contributed by atoms with E-state index in [1.165, 1.54) is 5.01 Å². The fraction of sp³-hybridized carbons (Fsp3) is 0.308. The Morgan fingerprint density at radius 3 is 2.90 bits per heavy atom. The van der Waals surface area contributed by atoms with Crippen LogP contribution < -0.4 is 0 Å². The number of thioether (sulfide) groups is 1. The van der Waals surface area contributed by atoms with Crippen molar-refractivity contribution < 1.29 is 0 Å². The molecule has 104 valence electrons. The SMILES string of the molecule is CC(C)c1nc(CSc2n[nH]c(-c3cccs3)n2)cs1. The van der Waals surface area contributed by atoms with Gasteiger partial charge in [-0.25, -0.2) is 9.97 Å². The molecule has 0 unspecified atom stereocenters. The lowest BCUT2D eigenvalue weighted by Crippen LogP contribution is -1.87. The Morgan fingerprint density at radius 2 is 2.20 bits per heavy atom. The summed E-state index contributed by atoms with van der Waals surface area (Å²) in [5, 5.41) is 13.3. The molecule has 0 spiro atoms. The van der Waals surface area contributed by atoms with E-state index in [0.29, 0.717) is 5.92 Å². The van der Waals surface area contributed by atoms with Gasteiger partial charge in [-0.15, -0.1) is 27.8 Å². The lowest BCUT2D eigenvalue weighted by Gasteiger charge is -1.96. The fourth-order valence-electron chi connectivity index (χ4n) is 1.63. The monoisotopic (exact) mass is 322 g/mol. The Labute approximate surface area is 129 Å². The van der Waals surface area contributed by atoms with Crippen LogP contribution in [0.1, 0.15) is 30.5 Å². The Kier molecular flexibility index (Phi) is 4.18. The average Bonchev–Trinajstić information content (AvgIpc) is 3.17. The van der Waals surface area contributed by atoms with Crippen LogP contribution in [0.15, 0.2) is 28.0 Å². The lowest BCUT2D eigenvalue weighted by molar-refractivity contribution is 0.846.